The highest BCUT2D eigenvalue weighted by Gasteiger charge is 2.34. The molecule has 0 fully saturated rings. The van der Waals surface area contributed by atoms with Crippen LogP contribution in [0.1, 0.15) is 141 Å². The fourth-order valence-electron chi connectivity index (χ4n) is 9.97. The molecule has 0 saturated carbocycles. The van der Waals surface area contributed by atoms with Gasteiger partial charge < -0.3 is 40.2 Å². The van der Waals surface area contributed by atoms with Gasteiger partial charge in [-0.25, -0.2) is 19.2 Å². The first-order chi connectivity index (χ1) is 37.5. The van der Waals surface area contributed by atoms with Gasteiger partial charge in [0.15, 0.2) is 0 Å². The lowest BCUT2D eigenvalue weighted by Crippen LogP contribution is -2.52. The molecular formula is C64H78N4O10. The minimum Gasteiger partial charge on any atom is -0.464 e. The zero-order valence-electron chi connectivity index (χ0n) is 46.6. The van der Waals surface area contributed by atoms with E-state index in [4.69, 9.17) is 18.9 Å². The average molecular weight is 1060 g/mol. The summed E-state index contributed by atoms with van der Waals surface area (Å²) in [6.07, 6.45) is 1.69. The summed E-state index contributed by atoms with van der Waals surface area (Å²) in [6, 6.07) is 28.6. The molecule has 414 valence electrons. The highest BCUT2D eigenvalue weighted by molar-refractivity contribution is 5.91. The Balaban J connectivity index is 0.889. The third-order valence-electron chi connectivity index (χ3n) is 13.6. The van der Waals surface area contributed by atoms with Crippen molar-refractivity contribution in [2.24, 2.45) is 23.7 Å². The van der Waals surface area contributed by atoms with E-state index in [2.05, 4.69) is 69.2 Å². The molecule has 0 aliphatic heterocycles. The van der Waals surface area contributed by atoms with Crippen LogP contribution in [0.25, 0.3) is 22.3 Å². The monoisotopic (exact) mass is 1060 g/mol. The van der Waals surface area contributed by atoms with Crippen LogP contribution in [0.2, 0.25) is 0 Å². The van der Waals surface area contributed by atoms with E-state index in [-0.39, 0.29) is 61.9 Å². The first-order valence-corrected chi connectivity index (χ1v) is 27.6. The van der Waals surface area contributed by atoms with E-state index in [9.17, 15) is 28.8 Å². The number of alkyl carbamates (subject to hydrolysis) is 2. The van der Waals surface area contributed by atoms with Gasteiger partial charge in [-0.15, -0.1) is 0 Å². The number of hydrogen-bond acceptors (Lipinski definition) is 10. The molecule has 4 amide bonds. The molecule has 4 aromatic rings. The topological polar surface area (TPSA) is 187 Å². The zero-order valence-corrected chi connectivity index (χ0v) is 46.6. The summed E-state index contributed by atoms with van der Waals surface area (Å²) in [5.41, 5.74) is 8.79. The second-order valence-electron chi connectivity index (χ2n) is 21.8. The van der Waals surface area contributed by atoms with Crippen LogP contribution in [0.3, 0.4) is 0 Å². The Labute approximate surface area is 461 Å². The Morgan fingerprint density at radius 2 is 0.705 bits per heavy atom. The summed E-state index contributed by atoms with van der Waals surface area (Å²) >= 11 is 0. The van der Waals surface area contributed by atoms with Crippen molar-refractivity contribution in [1.29, 1.82) is 0 Å². The van der Waals surface area contributed by atoms with Gasteiger partial charge in [0.05, 0.1) is 13.2 Å². The fraction of sp³-hybridized carbons (Fsp3) is 0.469. The van der Waals surface area contributed by atoms with E-state index in [0.717, 1.165) is 44.5 Å². The Kier molecular flexibility index (Phi) is 22.8. The highest BCUT2D eigenvalue weighted by Crippen LogP contribution is 2.45. The summed E-state index contributed by atoms with van der Waals surface area (Å²) in [6.45, 7) is 16.0. The number of benzene rings is 4. The number of ether oxygens (including phenoxy) is 4. The number of carbonyl (C=O) groups is 6. The van der Waals surface area contributed by atoms with Gasteiger partial charge in [-0.05, 0) is 119 Å². The van der Waals surface area contributed by atoms with E-state index in [1.165, 1.54) is 0 Å². The largest absolute Gasteiger partial charge is 0.464 e. The van der Waals surface area contributed by atoms with Gasteiger partial charge in [0.2, 0.25) is 11.8 Å². The number of hydrogen-bond donors (Lipinski definition) is 4. The van der Waals surface area contributed by atoms with Gasteiger partial charge >= 0.3 is 24.1 Å². The molecule has 4 aromatic carbocycles. The maximum Gasteiger partial charge on any atom is 0.407 e. The molecule has 0 unspecified atom stereocenters. The van der Waals surface area contributed by atoms with Crippen molar-refractivity contribution in [3.63, 3.8) is 0 Å². The smallest absolute Gasteiger partial charge is 0.407 e. The maximum atomic E-state index is 13.7. The fourth-order valence-corrected chi connectivity index (χ4v) is 9.97. The second kappa shape index (κ2) is 29.8. The molecule has 0 radical (unpaired) electrons. The molecule has 2 aliphatic carbocycles. The van der Waals surface area contributed by atoms with Gasteiger partial charge in [-0.2, -0.15) is 0 Å². The molecule has 14 heteroatoms. The molecular weight excluding hydrogens is 985 g/mol. The lowest BCUT2D eigenvalue weighted by molar-refractivity contribution is -0.149. The van der Waals surface area contributed by atoms with Crippen LogP contribution in [0.5, 0.6) is 0 Å². The Bertz CT molecular complexity index is 2550. The summed E-state index contributed by atoms with van der Waals surface area (Å²) in [5, 5.41) is 11.2. The molecule has 2 aliphatic rings. The van der Waals surface area contributed by atoms with E-state index in [1.807, 2.05) is 128 Å². The maximum absolute atomic E-state index is 13.7. The summed E-state index contributed by atoms with van der Waals surface area (Å²) in [7, 11) is 0. The number of unbranched alkanes of at least 4 members (excludes halogenated alkanes) is 2. The molecule has 0 spiro atoms. The average Bonchev–Trinajstić information content (AvgIpc) is 3.98. The van der Waals surface area contributed by atoms with Crippen molar-refractivity contribution in [3.05, 3.63) is 119 Å². The molecule has 0 aromatic heterocycles. The van der Waals surface area contributed by atoms with E-state index in [0.29, 0.717) is 51.4 Å². The second-order valence-corrected chi connectivity index (χ2v) is 21.8. The first-order valence-electron chi connectivity index (χ1n) is 27.6. The van der Waals surface area contributed by atoms with Gasteiger partial charge in [0.25, 0.3) is 0 Å². The van der Waals surface area contributed by atoms with Gasteiger partial charge in [0.1, 0.15) is 37.4 Å². The lowest BCUT2D eigenvalue weighted by Gasteiger charge is -2.24. The predicted octanol–water partition coefficient (Wildman–Crippen LogP) is 10.6. The van der Waals surface area contributed by atoms with E-state index < -0.39 is 60.1 Å². The van der Waals surface area contributed by atoms with Crippen molar-refractivity contribution < 1.29 is 47.7 Å². The molecule has 0 bridgehead atoms. The van der Waals surface area contributed by atoms with Crippen LogP contribution in [-0.4, -0.2) is 86.5 Å². The first kappa shape index (κ1) is 59.7. The predicted molar refractivity (Wildman–Crippen MR) is 302 cm³/mol. The zero-order chi connectivity index (χ0) is 56.1. The van der Waals surface area contributed by atoms with Gasteiger partial charge in [-0.3, -0.25) is 9.59 Å². The SMILES string of the molecule is CC(C)C[C@H](NC(=O)[C@@H](CC(C)C)NC(=O)OCC1c2ccccc2-c2ccccc21)C(=O)OCCCC#CC#CCCCOC(=O)[C@H](CC(C)C)NC(=O)[C@@H](CC(C)C)NC(=O)OCC1c2ccccc2-c2ccccc21. The van der Waals surface area contributed by atoms with Crippen molar-refractivity contribution in [1.82, 2.24) is 21.3 Å². The Morgan fingerprint density at radius 1 is 0.410 bits per heavy atom. The molecule has 78 heavy (non-hydrogen) atoms. The number of nitrogens with one attached hydrogen (secondary N) is 4. The minimum absolute atomic E-state index is 0.0581. The highest BCUT2D eigenvalue weighted by atomic mass is 16.6. The van der Waals surface area contributed by atoms with E-state index >= 15 is 0 Å². The van der Waals surface area contributed by atoms with E-state index in [1.54, 1.807) is 0 Å². The van der Waals surface area contributed by atoms with Gasteiger partial charge in [-0.1, -0.05) is 164 Å². The number of carbonyl (C=O) groups excluding carboxylic acids is 6. The van der Waals surface area contributed by atoms with Crippen LogP contribution < -0.4 is 21.3 Å². The van der Waals surface area contributed by atoms with Crippen molar-refractivity contribution in [2.45, 2.75) is 143 Å². The number of esters is 2. The van der Waals surface area contributed by atoms with Crippen LogP contribution in [-0.2, 0) is 38.1 Å². The standard InChI is InChI=1S/C64H78N4O10/c1-41(2)35-55(67-63(73)77-39-53-49-29-19-15-25-45(49)46-26-16-20-30-50(46)53)59(69)65-57(37-43(5)6)61(71)75-33-23-13-11-9-10-12-14-24-34-76-62(72)58(38-44(7)8)66-60(70)56(36-42(3)4)68-64(74)78-40-54-51-31-21-17-27-47(51)48-28-18-22-32-52(48)54/h15-22,25-32,41-44,53-58H,13-14,23-24,33-40H2,1-8H3,(H,65,69)(H,66,70)(H,67,73)(H,68,74)/t55-,56-,57+,58+/m1/s1. The van der Waals surface area contributed by atoms with Crippen LogP contribution in [0, 0.1) is 47.4 Å². The van der Waals surface area contributed by atoms with Gasteiger partial charge in [0, 0.05) is 24.7 Å². The molecule has 4 atom stereocenters. The molecule has 6 rings (SSSR count). The quantitative estimate of drug-likeness (QED) is 0.0204. The third kappa shape index (κ3) is 17.5. The number of rotatable bonds is 26. The van der Waals surface area contributed by atoms with Crippen molar-refractivity contribution in [2.75, 3.05) is 26.4 Å². The molecule has 0 heterocycles. The number of amides is 4. The Hall–Kier alpha value is -7.58. The normalized spacial score (nSPS) is 13.7. The third-order valence-corrected chi connectivity index (χ3v) is 13.6. The van der Waals surface area contributed by atoms with Crippen molar-refractivity contribution in [3.8, 4) is 45.9 Å². The van der Waals surface area contributed by atoms with Crippen LogP contribution in [0.15, 0.2) is 97.1 Å². The molecule has 14 nitrogen and oxygen atoms in total. The lowest BCUT2D eigenvalue weighted by atomic mass is 9.98. The van der Waals surface area contributed by atoms with Crippen molar-refractivity contribution >= 4 is 35.9 Å². The number of fused-ring (bicyclic) bond motifs is 6. The summed E-state index contributed by atoms with van der Waals surface area (Å²) in [5.74, 6) is 9.42. The molecule has 0 saturated heterocycles. The van der Waals surface area contributed by atoms with Crippen LogP contribution >= 0.6 is 0 Å². The minimum atomic E-state index is -0.930. The van der Waals surface area contributed by atoms with Crippen LogP contribution in [0.4, 0.5) is 9.59 Å². The summed E-state index contributed by atoms with van der Waals surface area (Å²) < 4.78 is 22.6. The Morgan fingerprint density at radius 3 is 1.01 bits per heavy atom. The molecule has 4 N–H and O–H groups in total. The summed E-state index contributed by atoms with van der Waals surface area (Å²) in [4.78, 5) is 80.4.